The predicted octanol–water partition coefficient (Wildman–Crippen LogP) is 3.45. The maximum Gasteiger partial charge on any atom is 0.248 e. The zero-order valence-corrected chi connectivity index (χ0v) is 12.3. The molecule has 3 nitrogen and oxygen atoms in total. The first-order valence-corrected chi connectivity index (χ1v) is 6.85. The van der Waals surface area contributed by atoms with Crippen LogP contribution in [0, 0.1) is 13.8 Å². The number of aliphatic hydroxyl groups is 1. The molecule has 108 valence electrons. The molecule has 0 spiro atoms. The molecule has 0 aliphatic rings. The van der Waals surface area contributed by atoms with Gasteiger partial charge in [-0.15, -0.1) is 0 Å². The molecule has 0 fully saturated rings. The summed E-state index contributed by atoms with van der Waals surface area (Å²) < 4.78 is 0. The van der Waals surface area contributed by atoms with E-state index in [0.717, 1.165) is 11.1 Å². The number of aryl methyl sites for hydroxylation is 2. The lowest BCUT2D eigenvalue weighted by molar-refractivity contribution is -0.111. The highest BCUT2D eigenvalue weighted by molar-refractivity contribution is 6.02. The summed E-state index contributed by atoms with van der Waals surface area (Å²) in [6.45, 7) is 3.96. The second-order valence-electron chi connectivity index (χ2n) is 5.00. The van der Waals surface area contributed by atoms with E-state index in [2.05, 4.69) is 11.4 Å². The van der Waals surface area contributed by atoms with Gasteiger partial charge >= 0.3 is 0 Å². The van der Waals surface area contributed by atoms with Gasteiger partial charge in [0.1, 0.15) is 0 Å². The first-order chi connectivity index (χ1) is 10.1. The number of benzene rings is 2. The van der Waals surface area contributed by atoms with Gasteiger partial charge in [0.05, 0.1) is 6.61 Å². The second-order valence-corrected chi connectivity index (χ2v) is 5.00. The van der Waals surface area contributed by atoms with Crippen molar-refractivity contribution in [1.29, 1.82) is 0 Å². The van der Waals surface area contributed by atoms with Gasteiger partial charge in [-0.25, -0.2) is 0 Å². The Hall–Kier alpha value is -2.39. The maximum absolute atomic E-state index is 12.0. The molecule has 1 amide bonds. The third-order valence-corrected chi connectivity index (χ3v) is 3.29. The largest absolute Gasteiger partial charge is 0.392 e. The fourth-order valence-corrected chi connectivity index (χ4v) is 2.13. The minimum Gasteiger partial charge on any atom is -0.392 e. The molecule has 0 bridgehead atoms. The first kappa shape index (κ1) is 15.0. The van der Waals surface area contributed by atoms with Gasteiger partial charge in [-0.2, -0.15) is 0 Å². The third kappa shape index (κ3) is 4.04. The lowest BCUT2D eigenvalue weighted by atomic mass is 10.1. The summed E-state index contributed by atoms with van der Waals surface area (Å²) >= 11 is 0. The summed E-state index contributed by atoms with van der Waals surface area (Å²) in [6.07, 6.45) is 3.30. The maximum atomic E-state index is 12.0. The Morgan fingerprint density at radius 3 is 2.67 bits per heavy atom. The van der Waals surface area contributed by atoms with Crippen molar-refractivity contribution in [1.82, 2.24) is 0 Å². The number of carbonyl (C=O) groups excluding carboxylic acids is 1. The number of carbonyl (C=O) groups is 1. The Balaban J connectivity index is 2.09. The molecule has 0 radical (unpaired) electrons. The molecule has 0 saturated heterocycles. The second kappa shape index (κ2) is 6.86. The summed E-state index contributed by atoms with van der Waals surface area (Å²) in [5.41, 5.74) is 4.69. The molecule has 0 unspecified atom stereocenters. The highest BCUT2D eigenvalue weighted by Gasteiger charge is 2.03. The minimum atomic E-state index is -0.212. The number of aliphatic hydroxyl groups excluding tert-OH is 1. The highest BCUT2D eigenvalue weighted by Crippen LogP contribution is 2.15. The van der Waals surface area contributed by atoms with Gasteiger partial charge in [0.2, 0.25) is 5.91 Å². The van der Waals surface area contributed by atoms with Crippen LogP contribution in [0.3, 0.4) is 0 Å². The van der Waals surface area contributed by atoms with Crippen LogP contribution in [0.2, 0.25) is 0 Å². The molecule has 2 aromatic rings. The van der Waals surface area contributed by atoms with Crippen LogP contribution in [0.1, 0.15) is 22.3 Å². The number of hydrogen-bond acceptors (Lipinski definition) is 2. The zero-order chi connectivity index (χ0) is 15.2. The highest BCUT2D eigenvalue weighted by atomic mass is 16.3. The Morgan fingerprint density at radius 2 is 1.95 bits per heavy atom. The van der Waals surface area contributed by atoms with Gasteiger partial charge in [0, 0.05) is 17.3 Å². The molecule has 21 heavy (non-hydrogen) atoms. The van der Waals surface area contributed by atoms with Gasteiger partial charge in [0.15, 0.2) is 0 Å². The zero-order valence-electron chi connectivity index (χ0n) is 12.3. The Kier molecular flexibility index (Phi) is 4.90. The molecule has 0 aromatic heterocycles. The molecule has 2 N–H and O–H groups in total. The van der Waals surface area contributed by atoms with E-state index in [1.165, 1.54) is 11.6 Å². The van der Waals surface area contributed by atoms with E-state index in [-0.39, 0.29) is 12.5 Å². The van der Waals surface area contributed by atoms with E-state index >= 15 is 0 Å². The van der Waals surface area contributed by atoms with Crippen molar-refractivity contribution in [3.05, 3.63) is 70.8 Å². The minimum absolute atomic E-state index is 0.1000. The monoisotopic (exact) mass is 281 g/mol. The average Bonchev–Trinajstić information content (AvgIpc) is 2.47. The summed E-state index contributed by atoms with van der Waals surface area (Å²) in [6, 6.07) is 13.3. The Morgan fingerprint density at radius 1 is 1.19 bits per heavy atom. The number of hydrogen-bond donors (Lipinski definition) is 2. The van der Waals surface area contributed by atoms with E-state index in [4.69, 9.17) is 0 Å². The molecule has 3 heteroatoms. The topological polar surface area (TPSA) is 49.3 Å². The van der Waals surface area contributed by atoms with Crippen LogP contribution in [0.25, 0.3) is 6.08 Å². The van der Waals surface area contributed by atoms with E-state index in [1.807, 2.05) is 38.1 Å². The molecule has 0 atom stereocenters. The van der Waals surface area contributed by atoms with Crippen molar-refractivity contribution in [2.75, 3.05) is 5.32 Å². The predicted molar refractivity (Wildman–Crippen MR) is 85.9 cm³/mol. The summed E-state index contributed by atoms with van der Waals surface area (Å²) in [5.74, 6) is -0.212. The first-order valence-electron chi connectivity index (χ1n) is 6.85. The van der Waals surface area contributed by atoms with Crippen molar-refractivity contribution < 1.29 is 9.90 Å². The van der Waals surface area contributed by atoms with E-state index < -0.39 is 0 Å². The average molecular weight is 281 g/mol. The molecule has 0 aliphatic heterocycles. The van der Waals surface area contributed by atoms with Crippen molar-refractivity contribution in [3.8, 4) is 0 Å². The molecular formula is C18H19NO2. The molecule has 2 aromatic carbocycles. The number of para-hydroxylation sites is 1. The molecule has 0 aliphatic carbocycles. The molecule has 2 rings (SSSR count). The number of amides is 1. The van der Waals surface area contributed by atoms with E-state index in [9.17, 15) is 9.90 Å². The van der Waals surface area contributed by atoms with Crippen molar-refractivity contribution >= 4 is 17.7 Å². The van der Waals surface area contributed by atoms with Gasteiger partial charge in [-0.05, 0) is 37.1 Å². The fraction of sp³-hybridized carbons (Fsp3) is 0.167. The SMILES string of the molecule is Cc1ccc(C=CC(=O)Nc2ccccc2CO)c(C)c1. The number of rotatable bonds is 4. The van der Waals surface area contributed by atoms with Gasteiger partial charge in [-0.3, -0.25) is 4.79 Å². The Labute approximate surface area is 124 Å². The van der Waals surface area contributed by atoms with Crippen LogP contribution in [0.15, 0.2) is 48.5 Å². The van der Waals surface area contributed by atoms with Gasteiger partial charge < -0.3 is 10.4 Å². The number of nitrogens with one attached hydrogen (secondary N) is 1. The quantitative estimate of drug-likeness (QED) is 0.843. The van der Waals surface area contributed by atoms with Crippen LogP contribution in [0.4, 0.5) is 5.69 Å². The molecule has 0 heterocycles. The van der Waals surface area contributed by atoms with Crippen LogP contribution < -0.4 is 5.32 Å². The summed E-state index contributed by atoms with van der Waals surface area (Å²) in [5, 5.41) is 12.0. The normalized spacial score (nSPS) is 10.8. The van der Waals surface area contributed by atoms with Crippen molar-refractivity contribution in [2.24, 2.45) is 0 Å². The van der Waals surface area contributed by atoms with E-state index in [0.29, 0.717) is 11.3 Å². The lowest BCUT2D eigenvalue weighted by Gasteiger charge is -2.07. The Bertz CT molecular complexity index is 675. The van der Waals surface area contributed by atoms with E-state index in [1.54, 1.807) is 18.2 Å². The standard InChI is InChI=1S/C18H19NO2/c1-13-7-8-15(14(2)11-13)9-10-18(21)19-17-6-4-3-5-16(17)12-20/h3-11,20H,12H2,1-2H3,(H,19,21). The summed E-state index contributed by atoms with van der Waals surface area (Å²) in [7, 11) is 0. The summed E-state index contributed by atoms with van der Waals surface area (Å²) in [4.78, 5) is 12.0. The van der Waals surface area contributed by atoms with Crippen LogP contribution in [-0.4, -0.2) is 11.0 Å². The number of anilines is 1. The van der Waals surface area contributed by atoms with Crippen molar-refractivity contribution in [3.63, 3.8) is 0 Å². The van der Waals surface area contributed by atoms with Crippen molar-refractivity contribution in [2.45, 2.75) is 20.5 Å². The fourth-order valence-electron chi connectivity index (χ4n) is 2.13. The van der Waals surface area contributed by atoms with Crippen LogP contribution in [-0.2, 0) is 11.4 Å². The third-order valence-electron chi connectivity index (χ3n) is 3.29. The van der Waals surface area contributed by atoms with Gasteiger partial charge in [0.25, 0.3) is 0 Å². The smallest absolute Gasteiger partial charge is 0.248 e. The van der Waals surface area contributed by atoms with Gasteiger partial charge in [-0.1, -0.05) is 42.0 Å². The van der Waals surface area contributed by atoms with Crippen LogP contribution >= 0.6 is 0 Å². The molecular weight excluding hydrogens is 262 g/mol. The molecule has 0 saturated carbocycles. The lowest BCUT2D eigenvalue weighted by Crippen LogP contribution is -2.09. The van der Waals surface area contributed by atoms with Crippen LogP contribution in [0.5, 0.6) is 0 Å².